The summed E-state index contributed by atoms with van der Waals surface area (Å²) in [5.74, 6) is 0.428. The molecule has 2 heteroatoms. The van der Waals surface area contributed by atoms with E-state index in [1.165, 1.54) is 12.1 Å². The Kier molecular flexibility index (Phi) is 1.64. The van der Waals surface area contributed by atoms with Crippen LogP contribution in [0.3, 0.4) is 0 Å². The third-order valence-corrected chi connectivity index (χ3v) is 2.81. The van der Waals surface area contributed by atoms with Crippen LogP contribution in [0.4, 0.5) is 0 Å². The van der Waals surface area contributed by atoms with Crippen LogP contribution in [-0.2, 0) is 0 Å². The largest absolute Gasteiger partial charge is 0.391 e. The van der Waals surface area contributed by atoms with Crippen LogP contribution in [0.15, 0.2) is 11.8 Å². The van der Waals surface area contributed by atoms with E-state index in [2.05, 4.69) is 17.9 Å². The number of rotatable bonds is 1. The molecule has 2 unspecified atom stereocenters. The Balaban J connectivity index is 2.18. The molecular weight excluding hydrogens is 138 g/mol. The van der Waals surface area contributed by atoms with Crippen molar-refractivity contribution in [2.24, 2.45) is 5.92 Å². The molecule has 0 aliphatic carbocycles. The highest BCUT2D eigenvalue weighted by Gasteiger charge is 2.35. The summed E-state index contributed by atoms with van der Waals surface area (Å²) in [5, 5.41) is 9.61. The normalized spacial score (nSPS) is 35.8. The molecule has 1 N–H and O–H groups in total. The highest BCUT2D eigenvalue weighted by Crippen LogP contribution is 2.34. The maximum atomic E-state index is 9.61. The van der Waals surface area contributed by atoms with Gasteiger partial charge in [-0.3, -0.25) is 0 Å². The van der Waals surface area contributed by atoms with Gasteiger partial charge in [0.1, 0.15) is 0 Å². The minimum absolute atomic E-state index is 0.105. The lowest BCUT2D eigenvalue weighted by molar-refractivity contribution is 0.141. The van der Waals surface area contributed by atoms with E-state index in [1.807, 2.05) is 0 Å². The Labute approximate surface area is 67.5 Å². The molecule has 2 atom stereocenters. The number of nitrogens with zero attached hydrogens (tertiary/aromatic N) is 1. The third-order valence-electron chi connectivity index (χ3n) is 2.81. The molecule has 1 saturated heterocycles. The van der Waals surface area contributed by atoms with Gasteiger partial charge in [0, 0.05) is 24.7 Å². The predicted octanol–water partition coefficient (Wildman–Crippen LogP) is 0.977. The molecule has 2 aliphatic rings. The molecular formula is C9H15NO. The summed E-state index contributed by atoms with van der Waals surface area (Å²) in [7, 11) is 0. The van der Waals surface area contributed by atoms with Gasteiger partial charge in [0.25, 0.3) is 0 Å². The lowest BCUT2D eigenvalue weighted by atomic mass is 10.00. The topological polar surface area (TPSA) is 23.5 Å². The van der Waals surface area contributed by atoms with Crippen molar-refractivity contribution in [1.82, 2.24) is 4.90 Å². The Bertz CT molecular complexity index is 188. The third kappa shape index (κ3) is 0.968. The summed E-state index contributed by atoms with van der Waals surface area (Å²) in [6, 6.07) is 0. The van der Waals surface area contributed by atoms with Crippen molar-refractivity contribution in [3.63, 3.8) is 0 Å². The highest BCUT2D eigenvalue weighted by atomic mass is 16.3. The summed E-state index contributed by atoms with van der Waals surface area (Å²) in [6.07, 6.45) is 4.43. The van der Waals surface area contributed by atoms with Gasteiger partial charge in [-0.25, -0.2) is 0 Å². The van der Waals surface area contributed by atoms with Crippen LogP contribution in [0, 0.1) is 5.92 Å². The maximum Gasteiger partial charge on any atom is 0.0797 e. The molecule has 0 aromatic carbocycles. The molecule has 0 bridgehead atoms. The van der Waals surface area contributed by atoms with Crippen molar-refractivity contribution in [3.8, 4) is 0 Å². The van der Waals surface area contributed by atoms with Gasteiger partial charge in [-0.05, 0) is 12.8 Å². The van der Waals surface area contributed by atoms with Crippen LogP contribution in [0.2, 0.25) is 0 Å². The van der Waals surface area contributed by atoms with Crippen LogP contribution in [0.1, 0.15) is 19.8 Å². The minimum atomic E-state index is -0.105. The second-order valence-corrected chi connectivity index (χ2v) is 3.45. The zero-order chi connectivity index (χ0) is 7.84. The number of hydrogen-bond donors (Lipinski definition) is 1. The minimum Gasteiger partial charge on any atom is -0.391 e. The van der Waals surface area contributed by atoms with Crippen LogP contribution >= 0.6 is 0 Å². The van der Waals surface area contributed by atoms with Gasteiger partial charge in [0.15, 0.2) is 0 Å². The van der Waals surface area contributed by atoms with Gasteiger partial charge >= 0.3 is 0 Å². The molecule has 0 amide bonds. The van der Waals surface area contributed by atoms with Gasteiger partial charge in [-0.2, -0.15) is 0 Å². The average Bonchev–Trinajstić information content (AvgIpc) is 2.46. The Hall–Kier alpha value is -0.500. The van der Waals surface area contributed by atoms with Crippen molar-refractivity contribution < 1.29 is 5.11 Å². The molecule has 62 valence electrons. The van der Waals surface area contributed by atoms with Crippen LogP contribution in [0.5, 0.6) is 0 Å². The lowest BCUT2D eigenvalue weighted by Gasteiger charge is -2.13. The van der Waals surface area contributed by atoms with Crippen LogP contribution in [-0.4, -0.2) is 29.2 Å². The molecule has 0 saturated carbocycles. The highest BCUT2D eigenvalue weighted by molar-refractivity contribution is 5.18. The predicted molar refractivity (Wildman–Crippen MR) is 44.1 cm³/mol. The first kappa shape index (κ1) is 7.17. The van der Waals surface area contributed by atoms with Crippen LogP contribution in [0.25, 0.3) is 0 Å². The van der Waals surface area contributed by atoms with Crippen molar-refractivity contribution in [2.75, 3.05) is 13.1 Å². The van der Waals surface area contributed by atoms with E-state index in [0.717, 1.165) is 19.5 Å². The van der Waals surface area contributed by atoms with Gasteiger partial charge in [-0.1, -0.05) is 13.0 Å². The number of fused-ring (bicyclic) bond motifs is 1. The molecule has 2 aliphatic heterocycles. The van der Waals surface area contributed by atoms with E-state index in [0.29, 0.717) is 5.92 Å². The van der Waals surface area contributed by atoms with Crippen molar-refractivity contribution in [3.05, 3.63) is 11.8 Å². The fourth-order valence-electron chi connectivity index (χ4n) is 2.24. The summed E-state index contributed by atoms with van der Waals surface area (Å²) in [4.78, 5) is 2.32. The second kappa shape index (κ2) is 2.52. The van der Waals surface area contributed by atoms with E-state index in [4.69, 9.17) is 0 Å². The Morgan fingerprint density at radius 2 is 2.55 bits per heavy atom. The van der Waals surface area contributed by atoms with Gasteiger partial charge in [0.05, 0.1) is 6.10 Å². The van der Waals surface area contributed by atoms with E-state index >= 15 is 0 Å². The quantitative estimate of drug-likeness (QED) is 0.607. The zero-order valence-corrected chi connectivity index (χ0v) is 6.95. The molecule has 0 radical (unpaired) electrons. The van der Waals surface area contributed by atoms with E-state index in [1.54, 1.807) is 0 Å². The number of aliphatic hydroxyl groups excluding tert-OH is 1. The first-order valence-corrected chi connectivity index (χ1v) is 4.46. The molecule has 1 fully saturated rings. The molecule has 2 rings (SSSR count). The summed E-state index contributed by atoms with van der Waals surface area (Å²) < 4.78 is 0. The monoisotopic (exact) mass is 153 g/mol. The van der Waals surface area contributed by atoms with Gasteiger partial charge in [0.2, 0.25) is 0 Å². The van der Waals surface area contributed by atoms with Crippen molar-refractivity contribution in [2.45, 2.75) is 25.9 Å². The Morgan fingerprint density at radius 1 is 1.73 bits per heavy atom. The van der Waals surface area contributed by atoms with E-state index in [-0.39, 0.29) is 6.10 Å². The Morgan fingerprint density at radius 3 is 3.27 bits per heavy atom. The SMILES string of the molecule is CCC1C2=CCCN2CC1O. The van der Waals surface area contributed by atoms with Gasteiger partial charge < -0.3 is 10.0 Å². The number of aliphatic hydroxyl groups is 1. The first-order chi connectivity index (χ1) is 5.33. The van der Waals surface area contributed by atoms with Gasteiger partial charge in [-0.15, -0.1) is 0 Å². The van der Waals surface area contributed by atoms with E-state index < -0.39 is 0 Å². The summed E-state index contributed by atoms with van der Waals surface area (Å²) in [5.41, 5.74) is 1.40. The molecule has 2 heterocycles. The summed E-state index contributed by atoms with van der Waals surface area (Å²) >= 11 is 0. The summed E-state index contributed by atoms with van der Waals surface area (Å²) in [6.45, 7) is 4.14. The lowest BCUT2D eigenvalue weighted by Crippen LogP contribution is -2.20. The molecule has 11 heavy (non-hydrogen) atoms. The smallest absolute Gasteiger partial charge is 0.0797 e. The molecule has 0 spiro atoms. The average molecular weight is 153 g/mol. The molecule has 2 nitrogen and oxygen atoms in total. The standard InChI is InChI=1S/C9H15NO/c1-2-7-8-4-3-5-10(8)6-9(7)11/h4,7,9,11H,2-3,5-6H2,1H3. The van der Waals surface area contributed by atoms with E-state index in [9.17, 15) is 5.11 Å². The first-order valence-electron chi connectivity index (χ1n) is 4.46. The molecule has 0 aromatic rings. The maximum absolute atomic E-state index is 9.61. The molecule has 0 aromatic heterocycles. The van der Waals surface area contributed by atoms with Crippen LogP contribution < -0.4 is 0 Å². The fraction of sp³-hybridized carbons (Fsp3) is 0.778. The second-order valence-electron chi connectivity index (χ2n) is 3.45. The van der Waals surface area contributed by atoms with Crippen molar-refractivity contribution >= 4 is 0 Å². The number of hydrogen-bond acceptors (Lipinski definition) is 2. The fourth-order valence-corrected chi connectivity index (χ4v) is 2.24. The van der Waals surface area contributed by atoms with Crippen molar-refractivity contribution in [1.29, 1.82) is 0 Å². The zero-order valence-electron chi connectivity index (χ0n) is 6.95.